The number of Topliss-reactive ketones (excluding diaryl/α,β-unsaturated/α-hetero) is 2. The summed E-state index contributed by atoms with van der Waals surface area (Å²) in [5, 5.41) is 3.26. The predicted molar refractivity (Wildman–Crippen MR) is 89.3 cm³/mol. The molecule has 2 heterocycles. The number of likely N-dealkylation sites (tertiary alicyclic amines) is 1. The molecule has 3 rings (SSSR count). The van der Waals surface area contributed by atoms with Crippen LogP contribution in [0.3, 0.4) is 0 Å². The summed E-state index contributed by atoms with van der Waals surface area (Å²) in [5.74, 6) is -3.03. The summed E-state index contributed by atoms with van der Waals surface area (Å²) < 4.78 is 13.2. The number of hydrogen-bond donors (Lipinski definition) is 1. The van der Waals surface area contributed by atoms with Crippen LogP contribution >= 0.6 is 0 Å². The molecule has 0 saturated carbocycles. The molecule has 2 aliphatic heterocycles. The van der Waals surface area contributed by atoms with Gasteiger partial charge in [-0.2, -0.15) is 0 Å². The molecule has 134 valence electrons. The molecule has 0 aromatic heterocycles. The van der Waals surface area contributed by atoms with Crippen molar-refractivity contribution in [2.24, 2.45) is 5.92 Å². The first kappa shape index (κ1) is 17.7. The van der Waals surface area contributed by atoms with Crippen molar-refractivity contribution in [1.29, 1.82) is 0 Å². The standard InChI is InChI=1S/C18H22FN3O3/c1-12(23)15-16(13-2-4-14(19)5-3-13)22(18(25)17(15)24)11-10-21-8-6-20-7-9-21/h2-5,15-16,20H,6-11H2,1H3. The number of nitrogens with one attached hydrogen (secondary N) is 1. The van der Waals surface area contributed by atoms with Crippen LogP contribution in [0.2, 0.25) is 0 Å². The minimum absolute atomic E-state index is 0.336. The van der Waals surface area contributed by atoms with Crippen LogP contribution in [0.25, 0.3) is 0 Å². The lowest BCUT2D eigenvalue weighted by Gasteiger charge is -2.32. The van der Waals surface area contributed by atoms with Crippen molar-refractivity contribution in [2.75, 3.05) is 39.3 Å². The molecule has 0 aliphatic carbocycles. The Morgan fingerprint density at radius 1 is 1.16 bits per heavy atom. The van der Waals surface area contributed by atoms with Crippen LogP contribution in [0.15, 0.2) is 24.3 Å². The average Bonchev–Trinajstić information content (AvgIpc) is 2.86. The van der Waals surface area contributed by atoms with Gasteiger partial charge in [0.2, 0.25) is 5.78 Å². The third-order valence-electron chi connectivity index (χ3n) is 4.92. The van der Waals surface area contributed by atoms with Crippen LogP contribution in [-0.2, 0) is 14.4 Å². The summed E-state index contributed by atoms with van der Waals surface area (Å²) in [4.78, 5) is 40.5. The number of halogens is 1. The molecule has 1 aromatic carbocycles. The third-order valence-corrected chi connectivity index (χ3v) is 4.92. The van der Waals surface area contributed by atoms with Crippen LogP contribution < -0.4 is 5.32 Å². The van der Waals surface area contributed by atoms with Gasteiger partial charge in [0.05, 0.1) is 6.04 Å². The number of amides is 1. The molecule has 0 bridgehead atoms. The Hall–Kier alpha value is -2.12. The molecule has 2 fully saturated rings. The quantitative estimate of drug-likeness (QED) is 0.616. The Bertz CT molecular complexity index is 671. The van der Waals surface area contributed by atoms with Crippen LogP contribution in [0.4, 0.5) is 4.39 Å². The highest BCUT2D eigenvalue weighted by atomic mass is 19.1. The second-order valence-electron chi connectivity index (χ2n) is 6.54. The lowest BCUT2D eigenvalue weighted by Crippen LogP contribution is -2.47. The number of ketones is 2. The van der Waals surface area contributed by atoms with E-state index in [1.54, 1.807) is 12.1 Å². The van der Waals surface area contributed by atoms with E-state index in [-0.39, 0.29) is 5.78 Å². The van der Waals surface area contributed by atoms with E-state index in [0.29, 0.717) is 18.7 Å². The molecule has 7 heteroatoms. The third kappa shape index (κ3) is 3.62. The molecular weight excluding hydrogens is 325 g/mol. The smallest absolute Gasteiger partial charge is 0.291 e. The Kier molecular flexibility index (Phi) is 5.24. The minimum Gasteiger partial charge on any atom is -0.327 e. The molecule has 2 aliphatic rings. The molecular formula is C18H22FN3O3. The summed E-state index contributed by atoms with van der Waals surface area (Å²) in [6.07, 6.45) is 0. The first-order valence-electron chi connectivity index (χ1n) is 8.53. The van der Waals surface area contributed by atoms with Crippen molar-refractivity contribution < 1.29 is 18.8 Å². The second kappa shape index (κ2) is 7.41. The van der Waals surface area contributed by atoms with Gasteiger partial charge in [0.1, 0.15) is 17.5 Å². The predicted octanol–water partition coefficient (Wildman–Crippen LogP) is 0.389. The zero-order valence-corrected chi connectivity index (χ0v) is 14.2. The van der Waals surface area contributed by atoms with E-state index in [2.05, 4.69) is 10.2 Å². The monoisotopic (exact) mass is 347 g/mol. The van der Waals surface area contributed by atoms with Crippen LogP contribution in [-0.4, -0.2) is 66.5 Å². The molecule has 0 spiro atoms. The van der Waals surface area contributed by atoms with Crippen LogP contribution in [0.1, 0.15) is 18.5 Å². The van der Waals surface area contributed by atoms with Crippen molar-refractivity contribution in [3.8, 4) is 0 Å². The largest absolute Gasteiger partial charge is 0.327 e. The molecule has 1 N–H and O–H groups in total. The first-order valence-corrected chi connectivity index (χ1v) is 8.53. The fourth-order valence-corrected chi connectivity index (χ4v) is 3.59. The Morgan fingerprint density at radius 3 is 2.40 bits per heavy atom. The second-order valence-corrected chi connectivity index (χ2v) is 6.54. The molecule has 0 radical (unpaired) electrons. The van der Waals surface area contributed by atoms with E-state index in [4.69, 9.17) is 0 Å². The molecule has 2 saturated heterocycles. The zero-order valence-electron chi connectivity index (χ0n) is 14.2. The molecule has 1 amide bonds. The van der Waals surface area contributed by atoms with Gasteiger partial charge in [-0.3, -0.25) is 19.3 Å². The summed E-state index contributed by atoms with van der Waals surface area (Å²) in [5.41, 5.74) is 0.612. The Labute approximate surface area is 146 Å². The summed E-state index contributed by atoms with van der Waals surface area (Å²) in [7, 11) is 0. The van der Waals surface area contributed by atoms with E-state index in [1.807, 2.05) is 0 Å². The SMILES string of the molecule is CC(=O)C1C(=O)C(=O)N(CCN2CCNCC2)C1c1ccc(F)cc1. The maximum absolute atomic E-state index is 13.2. The highest BCUT2D eigenvalue weighted by molar-refractivity contribution is 6.42. The number of carbonyl (C=O) groups excluding carboxylic acids is 3. The number of carbonyl (C=O) groups is 3. The van der Waals surface area contributed by atoms with Gasteiger partial charge in [-0.1, -0.05) is 12.1 Å². The maximum atomic E-state index is 13.2. The summed E-state index contributed by atoms with van der Waals surface area (Å²) in [6, 6.07) is 5.00. The average molecular weight is 347 g/mol. The minimum atomic E-state index is -1.01. The number of hydrogen-bond acceptors (Lipinski definition) is 5. The number of benzene rings is 1. The number of nitrogens with zero attached hydrogens (tertiary/aromatic N) is 2. The molecule has 2 unspecified atom stereocenters. The van der Waals surface area contributed by atoms with Gasteiger partial charge in [-0.15, -0.1) is 0 Å². The summed E-state index contributed by atoms with van der Waals surface area (Å²) >= 11 is 0. The van der Waals surface area contributed by atoms with Gasteiger partial charge in [-0.25, -0.2) is 4.39 Å². The topological polar surface area (TPSA) is 69.7 Å². The Morgan fingerprint density at radius 2 is 1.80 bits per heavy atom. The van der Waals surface area contributed by atoms with E-state index < -0.39 is 29.5 Å². The highest BCUT2D eigenvalue weighted by Gasteiger charge is 2.50. The summed E-state index contributed by atoms with van der Waals surface area (Å²) in [6.45, 7) is 5.89. The maximum Gasteiger partial charge on any atom is 0.291 e. The zero-order chi connectivity index (χ0) is 18.0. The van der Waals surface area contributed by atoms with Gasteiger partial charge in [0, 0.05) is 39.3 Å². The lowest BCUT2D eigenvalue weighted by molar-refractivity contribution is -0.142. The molecule has 25 heavy (non-hydrogen) atoms. The Balaban J connectivity index is 1.84. The van der Waals surface area contributed by atoms with Gasteiger partial charge in [-0.05, 0) is 24.6 Å². The van der Waals surface area contributed by atoms with Gasteiger partial charge in [0.25, 0.3) is 5.91 Å². The van der Waals surface area contributed by atoms with E-state index >= 15 is 0 Å². The highest BCUT2D eigenvalue weighted by Crippen LogP contribution is 2.36. The normalized spacial score (nSPS) is 24.8. The fourth-order valence-electron chi connectivity index (χ4n) is 3.59. The van der Waals surface area contributed by atoms with E-state index in [9.17, 15) is 18.8 Å². The number of piperazine rings is 1. The molecule has 6 nitrogen and oxygen atoms in total. The fraction of sp³-hybridized carbons (Fsp3) is 0.500. The van der Waals surface area contributed by atoms with Crippen molar-refractivity contribution in [1.82, 2.24) is 15.1 Å². The van der Waals surface area contributed by atoms with Crippen LogP contribution in [0.5, 0.6) is 0 Å². The molecule has 2 atom stereocenters. The van der Waals surface area contributed by atoms with Crippen LogP contribution in [0, 0.1) is 11.7 Å². The number of rotatable bonds is 5. The van der Waals surface area contributed by atoms with Gasteiger partial charge in [0.15, 0.2) is 0 Å². The van der Waals surface area contributed by atoms with E-state index in [0.717, 1.165) is 26.2 Å². The van der Waals surface area contributed by atoms with Gasteiger partial charge >= 0.3 is 0 Å². The lowest BCUT2D eigenvalue weighted by atomic mass is 9.90. The van der Waals surface area contributed by atoms with Crippen molar-refractivity contribution in [3.63, 3.8) is 0 Å². The van der Waals surface area contributed by atoms with Gasteiger partial charge < -0.3 is 10.2 Å². The molecule has 1 aromatic rings. The van der Waals surface area contributed by atoms with Crippen molar-refractivity contribution in [3.05, 3.63) is 35.6 Å². The van der Waals surface area contributed by atoms with Crippen molar-refractivity contribution >= 4 is 17.5 Å². The van der Waals surface area contributed by atoms with Crippen molar-refractivity contribution in [2.45, 2.75) is 13.0 Å². The first-order chi connectivity index (χ1) is 12.0. The van der Waals surface area contributed by atoms with E-state index in [1.165, 1.54) is 24.0 Å².